The second-order valence-electron chi connectivity index (χ2n) is 3.91. The third-order valence-electron chi connectivity index (χ3n) is 2.70. The summed E-state index contributed by atoms with van der Waals surface area (Å²) in [5.41, 5.74) is 0.0457. The minimum absolute atomic E-state index is 0.0322. The number of carbonyl (C=O) groups is 3. The van der Waals surface area contributed by atoms with Gasteiger partial charge in [0.15, 0.2) is 0 Å². The summed E-state index contributed by atoms with van der Waals surface area (Å²) < 4.78 is 1.34. The first kappa shape index (κ1) is 14.7. The number of hydrogen-bond donors (Lipinski definition) is 2. The predicted molar refractivity (Wildman–Crippen MR) is 67.7 cm³/mol. The van der Waals surface area contributed by atoms with Gasteiger partial charge in [0.2, 0.25) is 11.8 Å². The summed E-state index contributed by atoms with van der Waals surface area (Å²) in [6, 6.07) is 2.98. The maximum atomic E-state index is 12.0. The molecule has 7 heteroatoms. The van der Waals surface area contributed by atoms with Crippen molar-refractivity contribution in [3.63, 3.8) is 0 Å². The van der Waals surface area contributed by atoms with E-state index in [1.54, 1.807) is 13.0 Å². The van der Waals surface area contributed by atoms with Crippen LogP contribution in [0.4, 0.5) is 0 Å². The van der Waals surface area contributed by atoms with Crippen LogP contribution in [0.15, 0.2) is 18.3 Å². The molecule has 2 amide bonds. The number of aromatic carboxylic acids is 1. The van der Waals surface area contributed by atoms with Crippen molar-refractivity contribution in [1.29, 1.82) is 0 Å². The molecule has 0 fully saturated rings. The van der Waals surface area contributed by atoms with Crippen LogP contribution < -0.4 is 5.32 Å². The molecule has 1 heterocycles. The van der Waals surface area contributed by atoms with Gasteiger partial charge in [-0.2, -0.15) is 0 Å². The van der Waals surface area contributed by atoms with Crippen LogP contribution in [-0.2, 0) is 16.1 Å². The number of carbonyl (C=O) groups excluding carboxylic acids is 2. The first-order valence-electron chi connectivity index (χ1n) is 5.86. The molecular formula is C12H17N3O4. The molecule has 0 radical (unpaired) electrons. The molecule has 0 saturated heterocycles. The third kappa shape index (κ3) is 3.84. The Hall–Kier alpha value is -2.31. The van der Waals surface area contributed by atoms with Gasteiger partial charge in [-0.15, -0.1) is 0 Å². The Balaban J connectivity index is 2.74. The topological polar surface area (TPSA) is 91.6 Å². The largest absolute Gasteiger partial charge is 0.477 e. The van der Waals surface area contributed by atoms with Crippen LogP contribution in [0.2, 0.25) is 0 Å². The van der Waals surface area contributed by atoms with Gasteiger partial charge in [-0.05, 0) is 19.1 Å². The lowest BCUT2D eigenvalue weighted by Gasteiger charge is -2.20. The highest BCUT2D eigenvalue weighted by atomic mass is 16.4. The van der Waals surface area contributed by atoms with Gasteiger partial charge in [0.1, 0.15) is 12.2 Å². The number of nitrogens with zero attached hydrogens (tertiary/aromatic N) is 2. The number of carboxylic acid groups (broad SMARTS) is 1. The Morgan fingerprint density at radius 3 is 2.63 bits per heavy atom. The van der Waals surface area contributed by atoms with E-state index in [1.807, 2.05) is 0 Å². The summed E-state index contributed by atoms with van der Waals surface area (Å²) in [6.07, 6.45) is 1.52. The summed E-state index contributed by atoms with van der Waals surface area (Å²) in [4.78, 5) is 35.5. The quantitative estimate of drug-likeness (QED) is 0.745. The maximum absolute atomic E-state index is 12.0. The standard InChI is InChI=1S/C12H17N3O4/c1-3-14(7-10(16)13-2)11(17)8-15-6-4-5-9(15)12(18)19/h4-6H,3,7-8H2,1-2H3,(H,13,16)(H,18,19). The molecule has 0 spiro atoms. The highest BCUT2D eigenvalue weighted by Gasteiger charge is 2.17. The van der Waals surface area contributed by atoms with E-state index >= 15 is 0 Å². The van der Waals surface area contributed by atoms with Crippen molar-refractivity contribution in [2.24, 2.45) is 0 Å². The van der Waals surface area contributed by atoms with Gasteiger partial charge in [-0.3, -0.25) is 9.59 Å². The lowest BCUT2D eigenvalue weighted by molar-refractivity contribution is -0.136. The molecule has 1 aromatic rings. The highest BCUT2D eigenvalue weighted by Crippen LogP contribution is 2.04. The smallest absolute Gasteiger partial charge is 0.352 e. The van der Waals surface area contributed by atoms with Gasteiger partial charge < -0.3 is 19.9 Å². The molecule has 0 unspecified atom stereocenters. The van der Waals surface area contributed by atoms with Crippen molar-refractivity contribution >= 4 is 17.8 Å². The number of amides is 2. The van der Waals surface area contributed by atoms with Crippen molar-refractivity contribution < 1.29 is 19.5 Å². The van der Waals surface area contributed by atoms with Crippen molar-refractivity contribution in [1.82, 2.24) is 14.8 Å². The summed E-state index contributed by atoms with van der Waals surface area (Å²) in [7, 11) is 1.50. The molecule has 0 aliphatic carbocycles. The molecule has 0 bridgehead atoms. The third-order valence-corrected chi connectivity index (χ3v) is 2.70. The average molecular weight is 267 g/mol. The zero-order valence-electron chi connectivity index (χ0n) is 10.9. The Labute approximate surface area is 110 Å². The molecule has 1 rings (SSSR count). The van der Waals surface area contributed by atoms with Crippen molar-refractivity contribution in [2.75, 3.05) is 20.1 Å². The van der Waals surface area contributed by atoms with Gasteiger partial charge in [0.05, 0.1) is 6.54 Å². The fourth-order valence-corrected chi connectivity index (χ4v) is 1.62. The summed E-state index contributed by atoms with van der Waals surface area (Å²) in [6.45, 7) is 2.01. The zero-order valence-corrected chi connectivity index (χ0v) is 10.9. The van der Waals surface area contributed by atoms with E-state index in [1.165, 1.54) is 28.8 Å². The fourth-order valence-electron chi connectivity index (χ4n) is 1.62. The number of hydrogen-bond acceptors (Lipinski definition) is 3. The van der Waals surface area contributed by atoms with Crippen molar-refractivity contribution in [2.45, 2.75) is 13.5 Å². The predicted octanol–water partition coefficient (Wildman–Crippen LogP) is -0.219. The second kappa shape index (κ2) is 6.58. The van der Waals surface area contributed by atoms with Crippen LogP contribution in [0, 0.1) is 0 Å². The number of rotatable bonds is 6. The molecule has 1 aromatic heterocycles. The molecule has 19 heavy (non-hydrogen) atoms. The maximum Gasteiger partial charge on any atom is 0.352 e. The van der Waals surface area contributed by atoms with Crippen LogP contribution in [0.25, 0.3) is 0 Å². The Morgan fingerprint density at radius 1 is 1.42 bits per heavy atom. The normalized spacial score (nSPS) is 10.0. The minimum Gasteiger partial charge on any atom is -0.477 e. The molecular weight excluding hydrogens is 250 g/mol. The Morgan fingerprint density at radius 2 is 2.11 bits per heavy atom. The summed E-state index contributed by atoms with van der Waals surface area (Å²) in [5.74, 6) is -1.65. The molecule has 104 valence electrons. The summed E-state index contributed by atoms with van der Waals surface area (Å²) in [5, 5.41) is 11.4. The van der Waals surface area contributed by atoms with Crippen molar-refractivity contribution in [3.05, 3.63) is 24.0 Å². The SMILES string of the molecule is CCN(CC(=O)NC)C(=O)Cn1cccc1C(=O)O. The molecule has 0 aliphatic rings. The van der Waals surface area contributed by atoms with E-state index in [2.05, 4.69) is 5.32 Å². The molecule has 0 aromatic carbocycles. The lowest BCUT2D eigenvalue weighted by atomic mass is 10.4. The number of likely N-dealkylation sites (N-methyl/N-ethyl adjacent to an activating group) is 2. The first-order valence-corrected chi connectivity index (χ1v) is 5.86. The molecule has 0 saturated carbocycles. The molecule has 7 nitrogen and oxygen atoms in total. The zero-order chi connectivity index (χ0) is 14.4. The molecule has 2 N–H and O–H groups in total. The highest BCUT2D eigenvalue weighted by molar-refractivity contribution is 5.88. The van der Waals surface area contributed by atoms with Crippen molar-refractivity contribution in [3.8, 4) is 0 Å². The van der Waals surface area contributed by atoms with Crippen LogP contribution >= 0.6 is 0 Å². The Kier molecular flexibility index (Phi) is 5.11. The van der Waals surface area contributed by atoms with Crippen LogP contribution in [0.1, 0.15) is 17.4 Å². The second-order valence-corrected chi connectivity index (χ2v) is 3.91. The van der Waals surface area contributed by atoms with Crippen LogP contribution in [-0.4, -0.2) is 52.5 Å². The lowest BCUT2D eigenvalue weighted by Crippen LogP contribution is -2.41. The van der Waals surface area contributed by atoms with Gasteiger partial charge in [0.25, 0.3) is 0 Å². The average Bonchev–Trinajstić information content (AvgIpc) is 2.83. The van der Waals surface area contributed by atoms with E-state index in [0.29, 0.717) is 6.54 Å². The van der Waals surface area contributed by atoms with E-state index in [4.69, 9.17) is 5.11 Å². The van der Waals surface area contributed by atoms with E-state index in [-0.39, 0.29) is 30.6 Å². The van der Waals surface area contributed by atoms with E-state index < -0.39 is 5.97 Å². The Bertz CT molecular complexity index is 481. The first-order chi connectivity index (χ1) is 8.99. The number of nitrogens with one attached hydrogen (secondary N) is 1. The van der Waals surface area contributed by atoms with Gasteiger partial charge in [-0.25, -0.2) is 4.79 Å². The minimum atomic E-state index is -1.09. The monoisotopic (exact) mass is 267 g/mol. The van der Waals surface area contributed by atoms with Gasteiger partial charge in [-0.1, -0.05) is 0 Å². The number of carboxylic acids is 1. The van der Waals surface area contributed by atoms with E-state index in [0.717, 1.165) is 0 Å². The van der Waals surface area contributed by atoms with Gasteiger partial charge >= 0.3 is 5.97 Å². The fraction of sp³-hybridized carbons (Fsp3) is 0.417. The van der Waals surface area contributed by atoms with E-state index in [9.17, 15) is 14.4 Å². The van der Waals surface area contributed by atoms with Gasteiger partial charge in [0, 0.05) is 19.8 Å². The summed E-state index contributed by atoms with van der Waals surface area (Å²) >= 11 is 0. The van der Waals surface area contributed by atoms with Crippen LogP contribution in [0.3, 0.4) is 0 Å². The molecule has 0 aliphatic heterocycles. The molecule has 0 atom stereocenters. The van der Waals surface area contributed by atoms with Crippen LogP contribution in [0.5, 0.6) is 0 Å². The number of aromatic nitrogens is 1.